The van der Waals surface area contributed by atoms with Gasteiger partial charge in [-0.25, -0.2) is 4.79 Å². The lowest BCUT2D eigenvalue weighted by Gasteiger charge is -2.26. The van der Waals surface area contributed by atoms with E-state index in [2.05, 4.69) is 25.2 Å². The van der Waals surface area contributed by atoms with Gasteiger partial charge in [0.25, 0.3) is 0 Å². The van der Waals surface area contributed by atoms with Gasteiger partial charge in [-0.3, -0.25) is 0 Å². The van der Waals surface area contributed by atoms with E-state index in [1.165, 1.54) is 18.4 Å². The van der Waals surface area contributed by atoms with E-state index in [0.29, 0.717) is 12.5 Å². The molecule has 1 N–H and O–H groups in total. The van der Waals surface area contributed by atoms with Crippen molar-refractivity contribution in [1.29, 1.82) is 0 Å². The number of rotatable bonds is 7. The van der Waals surface area contributed by atoms with Crippen molar-refractivity contribution in [3.8, 4) is 0 Å². The third-order valence-electron chi connectivity index (χ3n) is 4.35. The molecular weight excluding hydrogens is 262 g/mol. The maximum atomic E-state index is 12.4. The molecule has 0 spiro atoms. The van der Waals surface area contributed by atoms with Crippen LogP contribution in [0, 0.1) is 5.92 Å². The molecule has 0 radical (unpaired) electrons. The maximum Gasteiger partial charge on any atom is 0.327 e. The predicted molar refractivity (Wildman–Crippen MR) is 85.2 cm³/mol. The van der Waals surface area contributed by atoms with Gasteiger partial charge in [-0.1, -0.05) is 57.4 Å². The Kier molecular flexibility index (Phi) is 6.24. The molecule has 1 heterocycles. The minimum atomic E-state index is -0.293. The predicted octanol–water partition coefficient (Wildman–Crippen LogP) is 3.63. The zero-order valence-corrected chi connectivity index (χ0v) is 13.2. The van der Waals surface area contributed by atoms with E-state index in [4.69, 9.17) is 4.74 Å². The van der Waals surface area contributed by atoms with Crippen LogP contribution in [-0.2, 0) is 16.0 Å². The standard InChI is InChI=1S/C18H27NO2/c1-3-5-8-14(4-2)13-21-18(20)17-16-10-7-6-9-15(16)11-12-19-17/h6-7,9-10,14,17,19H,3-5,8,11-13H2,1-2H3. The van der Waals surface area contributed by atoms with E-state index in [9.17, 15) is 4.79 Å². The van der Waals surface area contributed by atoms with Gasteiger partial charge in [-0.05, 0) is 29.9 Å². The van der Waals surface area contributed by atoms with Crippen molar-refractivity contribution in [3.05, 3.63) is 35.4 Å². The first-order valence-electron chi connectivity index (χ1n) is 8.24. The highest BCUT2D eigenvalue weighted by Gasteiger charge is 2.27. The van der Waals surface area contributed by atoms with Gasteiger partial charge in [-0.2, -0.15) is 0 Å². The van der Waals surface area contributed by atoms with Crippen LogP contribution in [0.25, 0.3) is 0 Å². The molecule has 2 unspecified atom stereocenters. The van der Waals surface area contributed by atoms with Crippen molar-refractivity contribution in [2.45, 2.75) is 52.0 Å². The molecule has 2 atom stereocenters. The van der Waals surface area contributed by atoms with Gasteiger partial charge in [-0.15, -0.1) is 0 Å². The smallest absolute Gasteiger partial charge is 0.327 e. The van der Waals surface area contributed by atoms with Crippen molar-refractivity contribution in [2.24, 2.45) is 5.92 Å². The number of esters is 1. The van der Waals surface area contributed by atoms with E-state index in [1.54, 1.807) is 0 Å². The van der Waals surface area contributed by atoms with Gasteiger partial charge in [0, 0.05) is 6.54 Å². The third kappa shape index (κ3) is 4.31. The average Bonchev–Trinajstić information content (AvgIpc) is 2.54. The molecule has 0 bridgehead atoms. The molecule has 0 aromatic heterocycles. The molecule has 1 aliphatic rings. The fraction of sp³-hybridized carbons (Fsp3) is 0.611. The highest BCUT2D eigenvalue weighted by molar-refractivity contribution is 5.78. The number of ether oxygens (including phenoxy) is 1. The highest BCUT2D eigenvalue weighted by Crippen LogP contribution is 2.24. The Morgan fingerprint density at radius 1 is 1.38 bits per heavy atom. The summed E-state index contributed by atoms with van der Waals surface area (Å²) in [6.07, 6.45) is 5.60. The molecule has 3 heteroatoms. The Bertz CT molecular complexity index is 458. The first-order valence-corrected chi connectivity index (χ1v) is 8.24. The second-order valence-corrected chi connectivity index (χ2v) is 5.88. The van der Waals surface area contributed by atoms with Crippen LogP contribution in [0.3, 0.4) is 0 Å². The van der Waals surface area contributed by atoms with Crippen LogP contribution in [0.2, 0.25) is 0 Å². The van der Waals surface area contributed by atoms with E-state index in [1.807, 2.05) is 18.2 Å². The Hall–Kier alpha value is -1.35. The van der Waals surface area contributed by atoms with E-state index in [-0.39, 0.29) is 12.0 Å². The fourth-order valence-corrected chi connectivity index (χ4v) is 2.90. The van der Waals surface area contributed by atoms with Crippen LogP contribution < -0.4 is 5.32 Å². The minimum absolute atomic E-state index is 0.128. The molecule has 0 saturated heterocycles. The quantitative estimate of drug-likeness (QED) is 0.779. The molecule has 3 nitrogen and oxygen atoms in total. The molecule has 0 aliphatic carbocycles. The van der Waals surface area contributed by atoms with Crippen molar-refractivity contribution < 1.29 is 9.53 Å². The summed E-state index contributed by atoms with van der Waals surface area (Å²) >= 11 is 0. The Labute approximate surface area is 128 Å². The third-order valence-corrected chi connectivity index (χ3v) is 4.35. The van der Waals surface area contributed by atoms with Crippen LogP contribution in [0.4, 0.5) is 0 Å². The maximum absolute atomic E-state index is 12.4. The zero-order chi connectivity index (χ0) is 15.1. The summed E-state index contributed by atoms with van der Waals surface area (Å²) in [5, 5.41) is 3.29. The van der Waals surface area contributed by atoms with Gasteiger partial charge in [0.15, 0.2) is 0 Å². The summed E-state index contributed by atoms with van der Waals surface area (Å²) in [5.41, 5.74) is 2.34. The lowest BCUT2D eigenvalue weighted by Crippen LogP contribution is -2.36. The molecule has 0 saturated carbocycles. The summed E-state index contributed by atoms with van der Waals surface area (Å²) in [4.78, 5) is 12.4. The molecule has 21 heavy (non-hydrogen) atoms. The van der Waals surface area contributed by atoms with E-state index < -0.39 is 0 Å². The van der Waals surface area contributed by atoms with Crippen molar-refractivity contribution in [1.82, 2.24) is 5.32 Å². The summed E-state index contributed by atoms with van der Waals surface area (Å²) in [6, 6.07) is 7.86. The summed E-state index contributed by atoms with van der Waals surface area (Å²) in [5.74, 6) is 0.366. The first-order chi connectivity index (χ1) is 10.3. The fourth-order valence-electron chi connectivity index (χ4n) is 2.90. The molecule has 0 amide bonds. The number of hydrogen-bond acceptors (Lipinski definition) is 3. The molecule has 2 rings (SSSR count). The van der Waals surface area contributed by atoms with Crippen molar-refractivity contribution in [3.63, 3.8) is 0 Å². The van der Waals surface area contributed by atoms with E-state index >= 15 is 0 Å². The van der Waals surface area contributed by atoms with Gasteiger partial charge in [0.1, 0.15) is 6.04 Å². The number of fused-ring (bicyclic) bond motifs is 1. The first kappa shape index (κ1) is 16.0. The number of unbranched alkanes of at least 4 members (excludes halogenated alkanes) is 1. The monoisotopic (exact) mass is 289 g/mol. The number of nitrogens with one attached hydrogen (secondary N) is 1. The van der Waals surface area contributed by atoms with Gasteiger partial charge >= 0.3 is 5.97 Å². The Balaban J connectivity index is 1.92. The minimum Gasteiger partial charge on any atom is -0.464 e. The lowest BCUT2D eigenvalue weighted by molar-refractivity contribution is -0.148. The van der Waals surface area contributed by atoms with Gasteiger partial charge in [0.05, 0.1) is 6.61 Å². The summed E-state index contributed by atoms with van der Waals surface area (Å²) in [6.45, 7) is 5.75. The number of carbonyl (C=O) groups is 1. The number of hydrogen-bond donors (Lipinski definition) is 1. The second kappa shape index (κ2) is 8.18. The average molecular weight is 289 g/mol. The molecule has 1 aromatic rings. The largest absolute Gasteiger partial charge is 0.464 e. The summed E-state index contributed by atoms with van der Waals surface area (Å²) in [7, 11) is 0. The van der Waals surface area contributed by atoms with Crippen molar-refractivity contribution >= 4 is 5.97 Å². The number of carbonyl (C=O) groups excluding carboxylic acids is 1. The van der Waals surface area contributed by atoms with Crippen LogP contribution in [-0.4, -0.2) is 19.1 Å². The van der Waals surface area contributed by atoms with Crippen LogP contribution in [0.1, 0.15) is 56.7 Å². The topological polar surface area (TPSA) is 38.3 Å². The lowest BCUT2D eigenvalue weighted by atomic mass is 9.94. The normalized spacial score (nSPS) is 18.9. The highest BCUT2D eigenvalue weighted by atomic mass is 16.5. The second-order valence-electron chi connectivity index (χ2n) is 5.88. The number of benzene rings is 1. The van der Waals surface area contributed by atoms with Gasteiger partial charge in [0.2, 0.25) is 0 Å². The molecule has 1 aromatic carbocycles. The zero-order valence-electron chi connectivity index (χ0n) is 13.2. The molecule has 116 valence electrons. The summed E-state index contributed by atoms with van der Waals surface area (Å²) < 4.78 is 5.59. The van der Waals surface area contributed by atoms with Crippen molar-refractivity contribution in [2.75, 3.05) is 13.2 Å². The van der Waals surface area contributed by atoms with Gasteiger partial charge < -0.3 is 10.1 Å². The molecule has 0 fully saturated rings. The van der Waals surface area contributed by atoms with Crippen LogP contribution >= 0.6 is 0 Å². The molecular formula is C18H27NO2. The van der Waals surface area contributed by atoms with Crippen LogP contribution in [0.15, 0.2) is 24.3 Å². The molecule has 1 aliphatic heterocycles. The Morgan fingerprint density at radius 2 is 2.19 bits per heavy atom. The van der Waals surface area contributed by atoms with Crippen LogP contribution in [0.5, 0.6) is 0 Å². The SMILES string of the molecule is CCCCC(CC)COC(=O)C1NCCc2ccccc21. The Morgan fingerprint density at radius 3 is 2.95 bits per heavy atom. The van der Waals surface area contributed by atoms with E-state index in [0.717, 1.165) is 31.4 Å².